The Morgan fingerprint density at radius 1 is 0.941 bits per heavy atom. The minimum Gasteiger partial charge on any atom is -0.497 e. The SMILES string of the molecule is COc1ccc(N=C2S[C@H](CC(=O)Nc3ccc(OC)cc3)C(=O)N2Cc2ccccc2)cc1. The first-order chi connectivity index (χ1) is 16.6. The Morgan fingerprint density at radius 2 is 1.56 bits per heavy atom. The lowest BCUT2D eigenvalue weighted by atomic mass is 10.2. The van der Waals surface area contributed by atoms with Gasteiger partial charge in [0.1, 0.15) is 16.7 Å². The van der Waals surface area contributed by atoms with Crippen LogP contribution in [0.25, 0.3) is 0 Å². The van der Waals surface area contributed by atoms with Crippen LogP contribution in [0.3, 0.4) is 0 Å². The van der Waals surface area contributed by atoms with Crippen molar-refractivity contribution < 1.29 is 19.1 Å². The Bertz CT molecular complexity index is 1160. The highest BCUT2D eigenvalue weighted by Crippen LogP contribution is 2.33. The molecule has 7 nitrogen and oxygen atoms in total. The minimum absolute atomic E-state index is 0.0441. The Balaban J connectivity index is 1.51. The maximum Gasteiger partial charge on any atom is 0.242 e. The molecular weight excluding hydrogens is 450 g/mol. The van der Waals surface area contributed by atoms with Crippen LogP contribution in [0.15, 0.2) is 83.9 Å². The number of amidine groups is 1. The van der Waals surface area contributed by atoms with E-state index in [1.165, 1.54) is 11.8 Å². The van der Waals surface area contributed by atoms with E-state index in [-0.39, 0.29) is 18.2 Å². The molecule has 1 fully saturated rings. The molecule has 1 aliphatic heterocycles. The number of rotatable bonds is 8. The molecule has 0 spiro atoms. The van der Waals surface area contributed by atoms with Crippen LogP contribution in [0.5, 0.6) is 11.5 Å². The molecule has 0 radical (unpaired) electrons. The number of nitrogens with zero attached hydrogens (tertiary/aromatic N) is 2. The van der Waals surface area contributed by atoms with Gasteiger partial charge in [-0.3, -0.25) is 14.5 Å². The molecule has 1 saturated heterocycles. The zero-order valence-electron chi connectivity index (χ0n) is 18.9. The van der Waals surface area contributed by atoms with Gasteiger partial charge in [0.25, 0.3) is 0 Å². The van der Waals surface area contributed by atoms with Crippen LogP contribution in [-0.2, 0) is 16.1 Å². The number of nitrogens with one attached hydrogen (secondary N) is 1. The van der Waals surface area contributed by atoms with Gasteiger partial charge in [-0.1, -0.05) is 42.1 Å². The fourth-order valence-corrected chi connectivity index (χ4v) is 4.62. The molecule has 3 aromatic rings. The number of hydrogen-bond donors (Lipinski definition) is 1. The average molecular weight is 476 g/mol. The first-order valence-corrected chi connectivity index (χ1v) is 11.6. The Hall–Kier alpha value is -3.78. The Morgan fingerprint density at radius 3 is 2.18 bits per heavy atom. The second kappa shape index (κ2) is 10.9. The lowest BCUT2D eigenvalue weighted by Crippen LogP contribution is -2.33. The number of methoxy groups -OCH3 is 2. The number of ether oxygens (including phenoxy) is 2. The van der Waals surface area contributed by atoms with Crippen LogP contribution in [0.2, 0.25) is 0 Å². The summed E-state index contributed by atoms with van der Waals surface area (Å²) in [5, 5.41) is 2.86. The van der Waals surface area contributed by atoms with E-state index in [1.807, 2.05) is 54.6 Å². The number of carbonyl (C=O) groups is 2. The van der Waals surface area contributed by atoms with E-state index in [4.69, 9.17) is 14.5 Å². The molecular formula is C26H25N3O4S. The summed E-state index contributed by atoms with van der Waals surface area (Å²) < 4.78 is 10.4. The van der Waals surface area contributed by atoms with Crippen LogP contribution in [0.4, 0.5) is 11.4 Å². The van der Waals surface area contributed by atoms with Gasteiger partial charge in [-0.25, -0.2) is 4.99 Å². The molecule has 3 aromatic carbocycles. The van der Waals surface area contributed by atoms with Crippen molar-refractivity contribution in [1.29, 1.82) is 0 Å². The van der Waals surface area contributed by atoms with Crippen LogP contribution in [0.1, 0.15) is 12.0 Å². The molecule has 1 aliphatic rings. The molecule has 1 atom stereocenters. The number of hydrogen-bond acceptors (Lipinski definition) is 6. The summed E-state index contributed by atoms with van der Waals surface area (Å²) in [5.41, 5.74) is 2.34. The van der Waals surface area contributed by atoms with Crippen LogP contribution in [0, 0.1) is 0 Å². The summed E-state index contributed by atoms with van der Waals surface area (Å²) in [4.78, 5) is 32.3. The van der Waals surface area contributed by atoms with Gasteiger partial charge in [0.15, 0.2) is 5.17 Å². The summed E-state index contributed by atoms with van der Waals surface area (Å²) in [6.45, 7) is 0.387. The average Bonchev–Trinajstić information content (AvgIpc) is 3.14. The first kappa shape index (κ1) is 23.4. The fraction of sp³-hybridized carbons (Fsp3) is 0.192. The summed E-state index contributed by atoms with van der Waals surface area (Å²) in [5.74, 6) is 1.07. The van der Waals surface area contributed by atoms with Crippen LogP contribution in [-0.4, -0.2) is 41.4 Å². The van der Waals surface area contributed by atoms with Gasteiger partial charge in [-0.2, -0.15) is 0 Å². The van der Waals surface area contributed by atoms with E-state index < -0.39 is 5.25 Å². The van der Waals surface area contributed by atoms with E-state index in [0.29, 0.717) is 28.8 Å². The molecule has 0 aliphatic carbocycles. The molecule has 1 N–H and O–H groups in total. The van der Waals surface area contributed by atoms with Gasteiger partial charge in [0.05, 0.1) is 26.5 Å². The molecule has 34 heavy (non-hydrogen) atoms. The summed E-state index contributed by atoms with van der Waals surface area (Å²) in [6.07, 6.45) is 0.0441. The highest BCUT2D eigenvalue weighted by Gasteiger charge is 2.39. The maximum atomic E-state index is 13.3. The number of aliphatic imine (C=N–C) groups is 1. The molecule has 0 bridgehead atoms. The Kier molecular flexibility index (Phi) is 7.49. The third-order valence-corrected chi connectivity index (χ3v) is 6.42. The first-order valence-electron chi connectivity index (χ1n) is 10.7. The predicted octanol–water partition coefficient (Wildman–Crippen LogP) is 4.86. The number of amides is 2. The zero-order chi connectivity index (χ0) is 23.9. The maximum absolute atomic E-state index is 13.3. The predicted molar refractivity (Wildman–Crippen MR) is 135 cm³/mol. The van der Waals surface area contributed by atoms with Gasteiger partial charge in [-0.15, -0.1) is 0 Å². The third kappa shape index (κ3) is 5.77. The van der Waals surface area contributed by atoms with E-state index >= 15 is 0 Å². The molecule has 1 heterocycles. The van der Waals surface area contributed by atoms with Crippen LogP contribution >= 0.6 is 11.8 Å². The molecule has 8 heteroatoms. The highest BCUT2D eigenvalue weighted by atomic mass is 32.2. The third-order valence-electron chi connectivity index (χ3n) is 5.25. The fourth-order valence-electron chi connectivity index (χ4n) is 3.46. The monoisotopic (exact) mass is 475 g/mol. The summed E-state index contributed by atoms with van der Waals surface area (Å²) in [7, 11) is 3.19. The topological polar surface area (TPSA) is 80.2 Å². The van der Waals surface area contributed by atoms with Crippen molar-refractivity contribution in [1.82, 2.24) is 4.90 Å². The quantitative estimate of drug-likeness (QED) is 0.503. The van der Waals surface area contributed by atoms with E-state index in [9.17, 15) is 9.59 Å². The van der Waals surface area contributed by atoms with Gasteiger partial charge >= 0.3 is 0 Å². The highest BCUT2D eigenvalue weighted by molar-refractivity contribution is 8.15. The van der Waals surface area contributed by atoms with Crippen molar-refractivity contribution in [2.24, 2.45) is 4.99 Å². The molecule has 0 aromatic heterocycles. The van der Waals surface area contributed by atoms with Gasteiger partial charge in [0, 0.05) is 12.1 Å². The number of carbonyl (C=O) groups excluding carboxylic acids is 2. The number of benzene rings is 3. The van der Waals surface area contributed by atoms with Gasteiger partial charge < -0.3 is 14.8 Å². The van der Waals surface area contributed by atoms with Crippen LogP contribution < -0.4 is 14.8 Å². The lowest BCUT2D eigenvalue weighted by molar-refractivity contribution is -0.128. The second-order valence-corrected chi connectivity index (χ2v) is 8.76. The molecule has 0 saturated carbocycles. The largest absolute Gasteiger partial charge is 0.497 e. The molecule has 0 unspecified atom stereocenters. The standard InChI is InChI=1S/C26H25N3O4S/c1-32-21-12-8-19(9-13-21)27-24(30)16-23-25(31)29(17-18-6-4-3-5-7-18)26(34-23)28-20-10-14-22(33-2)15-11-20/h3-15,23H,16-17H2,1-2H3,(H,27,30)/t23-/m1/s1. The second-order valence-electron chi connectivity index (χ2n) is 7.59. The minimum atomic E-state index is -0.557. The Labute approximate surface area is 202 Å². The van der Waals surface area contributed by atoms with E-state index in [0.717, 1.165) is 11.3 Å². The van der Waals surface area contributed by atoms with Gasteiger partial charge in [-0.05, 0) is 54.1 Å². The van der Waals surface area contributed by atoms with Crippen molar-refractivity contribution in [3.05, 3.63) is 84.4 Å². The van der Waals surface area contributed by atoms with Crippen molar-refractivity contribution in [3.63, 3.8) is 0 Å². The van der Waals surface area contributed by atoms with Gasteiger partial charge in [0.2, 0.25) is 11.8 Å². The number of thioether (sulfide) groups is 1. The van der Waals surface area contributed by atoms with Crippen molar-refractivity contribution >= 4 is 40.1 Å². The lowest BCUT2D eigenvalue weighted by Gasteiger charge is -2.16. The summed E-state index contributed by atoms with van der Waals surface area (Å²) in [6, 6.07) is 24.1. The van der Waals surface area contributed by atoms with Crippen molar-refractivity contribution in [2.75, 3.05) is 19.5 Å². The zero-order valence-corrected chi connectivity index (χ0v) is 19.7. The molecule has 2 amide bonds. The van der Waals surface area contributed by atoms with Crippen molar-refractivity contribution in [3.8, 4) is 11.5 Å². The molecule has 4 rings (SSSR count). The normalized spacial score (nSPS) is 16.5. The molecule has 174 valence electrons. The van der Waals surface area contributed by atoms with E-state index in [2.05, 4.69) is 5.32 Å². The smallest absolute Gasteiger partial charge is 0.242 e. The number of anilines is 1. The summed E-state index contributed by atoms with van der Waals surface area (Å²) >= 11 is 1.31. The van der Waals surface area contributed by atoms with E-state index in [1.54, 1.807) is 43.4 Å². The van der Waals surface area contributed by atoms with Crippen molar-refractivity contribution in [2.45, 2.75) is 18.2 Å².